The summed E-state index contributed by atoms with van der Waals surface area (Å²) < 4.78 is 12.5. The lowest BCUT2D eigenvalue weighted by atomic mass is 9.93. The molecular weight excluding hydrogens is 127 g/mol. The topological polar surface area (TPSA) is 0 Å². The average Bonchev–Trinajstić information content (AvgIpc) is 1.94. The van der Waals surface area contributed by atoms with Crippen LogP contribution in [0.4, 0.5) is 4.39 Å². The van der Waals surface area contributed by atoms with Crippen molar-refractivity contribution in [2.75, 3.05) is 0 Å². The van der Waals surface area contributed by atoms with Gasteiger partial charge in [0, 0.05) is 5.41 Å². The van der Waals surface area contributed by atoms with Gasteiger partial charge in [0.15, 0.2) is 0 Å². The van der Waals surface area contributed by atoms with Crippen LogP contribution in [0, 0.1) is 5.41 Å². The fourth-order valence-corrected chi connectivity index (χ4v) is 0.794. The molecule has 0 amide bonds. The Balaban J connectivity index is 2.88. The molecule has 0 saturated carbocycles. The van der Waals surface area contributed by atoms with Gasteiger partial charge >= 0.3 is 0 Å². The third-order valence-corrected chi connectivity index (χ3v) is 1.45. The Morgan fingerprint density at radius 1 is 1.30 bits per heavy atom. The van der Waals surface area contributed by atoms with E-state index in [0.29, 0.717) is 0 Å². The number of rotatable bonds is 0. The summed E-state index contributed by atoms with van der Waals surface area (Å²) in [4.78, 5) is 0. The molecule has 0 nitrogen and oxygen atoms in total. The van der Waals surface area contributed by atoms with Crippen molar-refractivity contribution in [2.45, 2.75) is 13.8 Å². The summed E-state index contributed by atoms with van der Waals surface area (Å²) in [5.74, 6) is -0.179. The third-order valence-electron chi connectivity index (χ3n) is 1.45. The van der Waals surface area contributed by atoms with E-state index in [4.69, 9.17) is 0 Å². The minimum absolute atomic E-state index is 0.00958. The first-order valence-corrected chi connectivity index (χ1v) is 3.34. The summed E-state index contributed by atoms with van der Waals surface area (Å²) in [6.45, 7) is 4.07. The van der Waals surface area contributed by atoms with Crippen molar-refractivity contribution in [1.29, 1.82) is 0 Å². The van der Waals surface area contributed by atoms with Gasteiger partial charge in [-0.3, -0.25) is 0 Å². The Labute approximate surface area is 60.7 Å². The quantitative estimate of drug-likeness (QED) is 0.482. The molecule has 1 rings (SSSR count). The monoisotopic (exact) mass is 138 g/mol. The zero-order valence-electron chi connectivity index (χ0n) is 6.26. The molecule has 0 N–H and O–H groups in total. The van der Waals surface area contributed by atoms with Gasteiger partial charge in [-0.1, -0.05) is 32.1 Å². The minimum Gasteiger partial charge on any atom is -0.207 e. The van der Waals surface area contributed by atoms with Crippen LogP contribution in [0.25, 0.3) is 0 Å². The maximum Gasteiger partial charge on any atom is 0.122 e. The van der Waals surface area contributed by atoms with E-state index in [9.17, 15) is 4.39 Å². The van der Waals surface area contributed by atoms with E-state index in [-0.39, 0.29) is 11.2 Å². The van der Waals surface area contributed by atoms with Crippen LogP contribution in [0.15, 0.2) is 36.2 Å². The molecule has 0 bridgehead atoms. The Hall–Kier alpha value is -0.850. The maximum atomic E-state index is 12.5. The van der Waals surface area contributed by atoms with Crippen molar-refractivity contribution < 1.29 is 4.39 Å². The highest BCUT2D eigenvalue weighted by atomic mass is 19.1. The van der Waals surface area contributed by atoms with Gasteiger partial charge < -0.3 is 0 Å². The number of allylic oxidation sites excluding steroid dienone is 6. The molecule has 0 unspecified atom stereocenters. The predicted octanol–water partition coefficient (Wildman–Crippen LogP) is 2.99. The highest BCUT2D eigenvalue weighted by molar-refractivity contribution is 5.26. The van der Waals surface area contributed by atoms with Gasteiger partial charge in [0.2, 0.25) is 0 Å². The summed E-state index contributed by atoms with van der Waals surface area (Å²) >= 11 is 0. The van der Waals surface area contributed by atoms with Gasteiger partial charge in [0.25, 0.3) is 0 Å². The summed E-state index contributed by atoms with van der Waals surface area (Å²) in [6, 6.07) is 0. The van der Waals surface area contributed by atoms with Crippen molar-refractivity contribution in [3.05, 3.63) is 36.2 Å². The average molecular weight is 138 g/mol. The number of hydrogen-bond donors (Lipinski definition) is 0. The van der Waals surface area contributed by atoms with E-state index in [1.54, 1.807) is 6.08 Å². The van der Waals surface area contributed by atoms with Crippen LogP contribution in [-0.4, -0.2) is 0 Å². The summed E-state index contributed by atoms with van der Waals surface area (Å²) in [6.07, 6.45) is 8.53. The smallest absolute Gasteiger partial charge is 0.122 e. The van der Waals surface area contributed by atoms with E-state index >= 15 is 0 Å². The van der Waals surface area contributed by atoms with E-state index in [0.717, 1.165) is 0 Å². The Morgan fingerprint density at radius 3 is 2.70 bits per heavy atom. The SMILES string of the molecule is CC1(C)C=CC=C(F)C=C1. The summed E-state index contributed by atoms with van der Waals surface area (Å²) in [5, 5.41) is 0. The largest absolute Gasteiger partial charge is 0.207 e. The Morgan fingerprint density at radius 2 is 2.00 bits per heavy atom. The molecule has 0 atom stereocenters. The molecule has 1 heteroatoms. The minimum atomic E-state index is -0.179. The zero-order chi connectivity index (χ0) is 7.61. The first-order chi connectivity index (χ1) is 4.60. The van der Waals surface area contributed by atoms with Crippen LogP contribution < -0.4 is 0 Å². The zero-order valence-corrected chi connectivity index (χ0v) is 6.26. The second-order valence-electron chi connectivity index (χ2n) is 3.07. The van der Waals surface area contributed by atoms with Gasteiger partial charge in [-0.25, -0.2) is 4.39 Å². The van der Waals surface area contributed by atoms with E-state index in [2.05, 4.69) is 0 Å². The van der Waals surface area contributed by atoms with Crippen molar-refractivity contribution in [1.82, 2.24) is 0 Å². The molecule has 0 spiro atoms. The second kappa shape index (κ2) is 2.41. The number of hydrogen-bond acceptors (Lipinski definition) is 0. The lowest BCUT2D eigenvalue weighted by Gasteiger charge is -2.11. The lowest BCUT2D eigenvalue weighted by molar-refractivity contribution is 0.620. The maximum absolute atomic E-state index is 12.5. The van der Waals surface area contributed by atoms with Crippen molar-refractivity contribution in [3.8, 4) is 0 Å². The molecule has 0 heterocycles. The lowest BCUT2D eigenvalue weighted by Crippen LogP contribution is -2.00. The van der Waals surface area contributed by atoms with Gasteiger partial charge in [-0.2, -0.15) is 0 Å². The van der Waals surface area contributed by atoms with Crippen LogP contribution in [-0.2, 0) is 0 Å². The molecule has 0 aromatic rings. The van der Waals surface area contributed by atoms with Crippen LogP contribution in [0.3, 0.4) is 0 Å². The van der Waals surface area contributed by atoms with Crippen molar-refractivity contribution in [3.63, 3.8) is 0 Å². The molecule has 0 radical (unpaired) electrons. The van der Waals surface area contributed by atoms with Crippen molar-refractivity contribution >= 4 is 0 Å². The van der Waals surface area contributed by atoms with Crippen molar-refractivity contribution in [2.24, 2.45) is 5.41 Å². The number of halogens is 1. The second-order valence-corrected chi connectivity index (χ2v) is 3.07. The summed E-state index contributed by atoms with van der Waals surface area (Å²) in [7, 11) is 0. The molecule has 0 aromatic heterocycles. The standard InChI is InChI=1S/C9H11F/c1-9(2)6-3-4-8(10)5-7-9/h3-7H,1-2H3. The van der Waals surface area contributed by atoms with E-state index in [1.165, 1.54) is 12.2 Å². The molecule has 1 aliphatic carbocycles. The summed E-state index contributed by atoms with van der Waals surface area (Å²) in [5.41, 5.74) is -0.00958. The normalized spacial score (nSPS) is 22.1. The van der Waals surface area contributed by atoms with Gasteiger partial charge in [-0.05, 0) is 12.2 Å². The highest BCUT2D eigenvalue weighted by Crippen LogP contribution is 2.22. The predicted molar refractivity (Wildman–Crippen MR) is 41.3 cm³/mol. The van der Waals surface area contributed by atoms with Crippen LogP contribution in [0.5, 0.6) is 0 Å². The molecule has 0 fully saturated rings. The molecule has 0 saturated heterocycles. The van der Waals surface area contributed by atoms with E-state index in [1.807, 2.05) is 26.0 Å². The molecule has 54 valence electrons. The fourth-order valence-electron chi connectivity index (χ4n) is 0.794. The van der Waals surface area contributed by atoms with Gasteiger partial charge in [0.1, 0.15) is 5.83 Å². The fraction of sp³-hybridized carbons (Fsp3) is 0.333. The van der Waals surface area contributed by atoms with Crippen LogP contribution in [0.1, 0.15) is 13.8 Å². The van der Waals surface area contributed by atoms with Gasteiger partial charge in [-0.15, -0.1) is 0 Å². The third kappa shape index (κ3) is 1.83. The highest BCUT2D eigenvalue weighted by Gasteiger charge is 2.09. The first-order valence-electron chi connectivity index (χ1n) is 3.34. The molecule has 1 aliphatic rings. The van der Waals surface area contributed by atoms with Crippen LogP contribution in [0.2, 0.25) is 0 Å². The molecule has 0 aliphatic heterocycles. The van der Waals surface area contributed by atoms with Crippen LogP contribution >= 0.6 is 0 Å². The van der Waals surface area contributed by atoms with Gasteiger partial charge in [0.05, 0.1) is 0 Å². The van der Waals surface area contributed by atoms with E-state index < -0.39 is 0 Å². The molecule has 10 heavy (non-hydrogen) atoms. The first kappa shape index (κ1) is 7.26. The molecule has 0 aromatic carbocycles. The molecular formula is C9H11F. The Kier molecular flexibility index (Phi) is 1.75. The Bertz CT molecular complexity index is 207.